The fraction of sp³-hybridized carbons (Fsp3) is 0.462. The summed E-state index contributed by atoms with van der Waals surface area (Å²) in [5.41, 5.74) is 7.73. The van der Waals surface area contributed by atoms with Crippen LogP contribution in [0.25, 0.3) is 0 Å². The molecule has 1 atom stereocenters. The highest BCUT2D eigenvalue weighted by atomic mass is 32.2. The van der Waals surface area contributed by atoms with E-state index < -0.39 is 6.04 Å². The molecule has 0 aromatic heterocycles. The summed E-state index contributed by atoms with van der Waals surface area (Å²) in [5, 5.41) is 8.92. The number of benzene rings is 1. The minimum atomic E-state index is -0.563. The van der Waals surface area contributed by atoms with Gasteiger partial charge in [-0.1, -0.05) is 24.3 Å². The Morgan fingerprint density at radius 2 is 2.00 bits per heavy atom. The quantitative estimate of drug-likeness (QED) is 0.730. The van der Waals surface area contributed by atoms with Crippen molar-refractivity contribution in [2.75, 3.05) is 12.4 Å². The van der Waals surface area contributed by atoms with Crippen LogP contribution in [0, 0.1) is 0 Å². The lowest BCUT2D eigenvalue weighted by molar-refractivity contribution is -0.144. The van der Waals surface area contributed by atoms with Gasteiger partial charge in [-0.15, -0.1) is 0 Å². The molecule has 0 saturated carbocycles. The van der Waals surface area contributed by atoms with Crippen LogP contribution in [-0.2, 0) is 21.9 Å². The lowest BCUT2D eigenvalue weighted by atomic mass is 10.2. The van der Waals surface area contributed by atoms with E-state index in [-0.39, 0.29) is 12.6 Å². The van der Waals surface area contributed by atoms with Crippen molar-refractivity contribution in [1.82, 2.24) is 0 Å². The third kappa shape index (κ3) is 5.08. The number of carbonyl (C=O) groups is 1. The van der Waals surface area contributed by atoms with Crippen LogP contribution in [0.15, 0.2) is 24.3 Å². The first kappa shape index (κ1) is 15.0. The Morgan fingerprint density at radius 1 is 1.39 bits per heavy atom. The minimum Gasteiger partial charge on any atom is -0.465 e. The van der Waals surface area contributed by atoms with Gasteiger partial charge in [0.15, 0.2) is 0 Å². The van der Waals surface area contributed by atoms with Gasteiger partial charge in [0.2, 0.25) is 0 Å². The second-order valence-electron chi connectivity index (χ2n) is 3.85. The molecule has 3 N–H and O–H groups in total. The number of aliphatic hydroxyl groups is 1. The van der Waals surface area contributed by atoms with Crippen molar-refractivity contribution in [2.45, 2.75) is 25.3 Å². The molecular weight excluding hydrogens is 250 g/mol. The van der Waals surface area contributed by atoms with E-state index in [1.807, 2.05) is 24.3 Å². The fourth-order valence-corrected chi connectivity index (χ4v) is 2.30. The summed E-state index contributed by atoms with van der Waals surface area (Å²) < 4.78 is 4.83. The van der Waals surface area contributed by atoms with Gasteiger partial charge < -0.3 is 15.6 Å². The van der Waals surface area contributed by atoms with Crippen LogP contribution in [-0.4, -0.2) is 29.5 Å². The summed E-state index contributed by atoms with van der Waals surface area (Å²) >= 11 is 1.59. The van der Waals surface area contributed by atoms with Crippen LogP contribution in [0.2, 0.25) is 0 Å². The molecule has 5 heteroatoms. The summed E-state index contributed by atoms with van der Waals surface area (Å²) in [5.74, 6) is 0.986. The van der Waals surface area contributed by atoms with E-state index in [1.165, 1.54) is 0 Å². The number of ether oxygens (including phenoxy) is 1. The third-order valence-electron chi connectivity index (χ3n) is 2.36. The number of thioether (sulfide) groups is 1. The van der Waals surface area contributed by atoms with Crippen LogP contribution in [0.3, 0.4) is 0 Å². The molecule has 1 aromatic carbocycles. The maximum Gasteiger partial charge on any atom is 0.323 e. The molecule has 100 valence electrons. The van der Waals surface area contributed by atoms with E-state index in [9.17, 15) is 4.79 Å². The van der Waals surface area contributed by atoms with Gasteiger partial charge in [0.1, 0.15) is 6.04 Å². The zero-order chi connectivity index (χ0) is 13.4. The average Bonchev–Trinajstić information content (AvgIpc) is 2.39. The Morgan fingerprint density at radius 3 is 2.56 bits per heavy atom. The van der Waals surface area contributed by atoms with E-state index >= 15 is 0 Å². The Balaban J connectivity index is 2.30. The Kier molecular flexibility index (Phi) is 6.78. The highest BCUT2D eigenvalue weighted by Gasteiger charge is 2.13. The van der Waals surface area contributed by atoms with Gasteiger partial charge >= 0.3 is 5.97 Å². The third-order valence-corrected chi connectivity index (χ3v) is 3.49. The van der Waals surface area contributed by atoms with Gasteiger partial charge in [0, 0.05) is 11.5 Å². The first-order valence-electron chi connectivity index (χ1n) is 5.86. The van der Waals surface area contributed by atoms with Gasteiger partial charge in [-0.3, -0.25) is 4.79 Å². The van der Waals surface area contributed by atoms with Crippen LogP contribution in [0.5, 0.6) is 0 Å². The number of rotatable bonds is 7. The minimum absolute atomic E-state index is 0.0567. The molecular formula is C13H19NO3S. The van der Waals surface area contributed by atoms with Crippen LogP contribution >= 0.6 is 11.8 Å². The highest BCUT2D eigenvalue weighted by Crippen LogP contribution is 2.14. The SMILES string of the molecule is CCOC(=O)C(N)CSCc1ccc(CO)cc1. The molecule has 1 rings (SSSR count). The van der Waals surface area contributed by atoms with Crippen LogP contribution in [0.1, 0.15) is 18.1 Å². The van der Waals surface area contributed by atoms with E-state index in [1.54, 1.807) is 18.7 Å². The largest absolute Gasteiger partial charge is 0.465 e. The van der Waals surface area contributed by atoms with Gasteiger partial charge in [-0.25, -0.2) is 0 Å². The Bertz CT molecular complexity index is 367. The maximum atomic E-state index is 11.3. The molecule has 1 aromatic rings. The molecule has 18 heavy (non-hydrogen) atoms. The summed E-state index contributed by atoms with van der Waals surface area (Å²) in [6.45, 7) is 2.18. The topological polar surface area (TPSA) is 72.5 Å². The van der Waals surface area contributed by atoms with Gasteiger partial charge in [-0.05, 0) is 18.1 Å². The summed E-state index contributed by atoms with van der Waals surface area (Å²) in [7, 11) is 0. The molecule has 0 fully saturated rings. The van der Waals surface area contributed by atoms with Crippen molar-refractivity contribution in [2.24, 2.45) is 5.73 Å². The van der Waals surface area contributed by atoms with Gasteiger partial charge in [0.25, 0.3) is 0 Å². The van der Waals surface area contributed by atoms with E-state index in [4.69, 9.17) is 15.6 Å². The Hall–Kier alpha value is -1.04. The monoisotopic (exact) mass is 269 g/mol. The molecule has 0 spiro atoms. The van der Waals surface area contributed by atoms with Crippen molar-refractivity contribution in [3.05, 3.63) is 35.4 Å². The molecule has 0 amide bonds. The molecule has 0 heterocycles. The number of hydrogen-bond donors (Lipinski definition) is 2. The second kappa shape index (κ2) is 8.13. The van der Waals surface area contributed by atoms with Crippen molar-refractivity contribution in [3.63, 3.8) is 0 Å². The lowest BCUT2D eigenvalue weighted by Gasteiger charge is -2.10. The first-order valence-corrected chi connectivity index (χ1v) is 7.01. The first-order chi connectivity index (χ1) is 8.67. The van der Waals surface area contributed by atoms with Crippen LogP contribution in [0.4, 0.5) is 0 Å². The molecule has 1 unspecified atom stereocenters. The number of hydrogen-bond acceptors (Lipinski definition) is 5. The van der Waals surface area contributed by atoms with Crippen molar-refractivity contribution < 1.29 is 14.6 Å². The number of carbonyl (C=O) groups excluding carboxylic acids is 1. The molecule has 4 nitrogen and oxygen atoms in total. The molecule has 0 aliphatic carbocycles. The number of esters is 1. The number of nitrogens with two attached hydrogens (primary N) is 1. The smallest absolute Gasteiger partial charge is 0.323 e. The summed E-state index contributed by atoms with van der Waals surface area (Å²) in [6.07, 6.45) is 0. The lowest BCUT2D eigenvalue weighted by Crippen LogP contribution is -2.34. The predicted octanol–water partition coefficient (Wildman–Crippen LogP) is 1.30. The van der Waals surface area contributed by atoms with Crippen molar-refractivity contribution in [3.8, 4) is 0 Å². The normalized spacial score (nSPS) is 12.2. The second-order valence-corrected chi connectivity index (χ2v) is 4.88. The van der Waals surface area contributed by atoms with Gasteiger partial charge in [-0.2, -0.15) is 11.8 Å². The van der Waals surface area contributed by atoms with E-state index in [0.29, 0.717) is 12.4 Å². The summed E-state index contributed by atoms with van der Waals surface area (Å²) in [6, 6.07) is 7.15. The van der Waals surface area contributed by atoms with Gasteiger partial charge in [0.05, 0.1) is 13.2 Å². The van der Waals surface area contributed by atoms with Crippen LogP contribution < -0.4 is 5.73 Å². The highest BCUT2D eigenvalue weighted by molar-refractivity contribution is 7.98. The number of aliphatic hydroxyl groups excluding tert-OH is 1. The Labute approximate surface area is 112 Å². The molecule has 0 aliphatic heterocycles. The average molecular weight is 269 g/mol. The zero-order valence-corrected chi connectivity index (χ0v) is 11.3. The predicted molar refractivity (Wildman–Crippen MR) is 73.1 cm³/mol. The molecule has 0 bridgehead atoms. The van der Waals surface area contributed by atoms with Crippen molar-refractivity contribution >= 4 is 17.7 Å². The van der Waals surface area contributed by atoms with E-state index in [0.717, 1.165) is 16.9 Å². The fourth-order valence-electron chi connectivity index (χ4n) is 1.36. The standard InChI is InChI=1S/C13H19NO3S/c1-2-17-13(16)12(14)9-18-8-11-5-3-10(7-15)4-6-11/h3-6,12,15H,2,7-9,14H2,1H3. The zero-order valence-electron chi connectivity index (χ0n) is 10.5. The molecule has 0 saturated heterocycles. The molecule has 0 aliphatic rings. The van der Waals surface area contributed by atoms with Crippen molar-refractivity contribution in [1.29, 1.82) is 0 Å². The summed E-state index contributed by atoms with van der Waals surface area (Å²) in [4.78, 5) is 11.3. The van der Waals surface area contributed by atoms with E-state index in [2.05, 4.69) is 0 Å². The molecule has 0 radical (unpaired) electrons. The maximum absolute atomic E-state index is 11.3.